The Balaban J connectivity index is 0.00000200. The van der Waals surface area contributed by atoms with Crippen LogP contribution in [0.2, 0.25) is 0 Å². The van der Waals surface area contributed by atoms with Gasteiger partial charge < -0.3 is 14.2 Å². The molecule has 0 saturated heterocycles. The van der Waals surface area contributed by atoms with Crippen molar-refractivity contribution >= 4 is 12.4 Å². The van der Waals surface area contributed by atoms with Gasteiger partial charge in [-0.25, -0.2) is 0 Å². The van der Waals surface area contributed by atoms with Crippen LogP contribution in [0.4, 0.5) is 0 Å². The second-order valence-electron chi connectivity index (χ2n) is 3.99. The Hall–Kier alpha value is -1.94. The second-order valence-corrected chi connectivity index (χ2v) is 3.99. The van der Waals surface area contributed by atoms with Gasteiger partial charge in [0.15, 0.2) is 11.5 Å². The van der Waals surface area contributed by atoms with Crippen molar-refractivity contribution in [3.63, 3.8) is 0 Å². The molecule has 0 bridgehead atoms. The van der Waals surface area contributed by atoms with Crippen LogP contribution < -0.4 is 14.2 Å². The van der Waals surface area contributed by atoms with E-state index in [-0.39, 0.29) is 12.4 Å². The number of rotatable bonds is 5. The van der Waals surface area contributed by atoms with Gasteiger partial charge in [-0.05, 0) is 18.2 Å². The third-order valence-electron chi connectivity index (χ3n) is 2.88. The van der Waals surface area contributed by atoms with Crippen molar-refractivity contribution < 1.29 is 14.2 Å². The van der Waals surface area contributed by atoms with Crippen molar-refractivity contribution in [2.24, 2.45) is 0 Å². The van der Waals surface area contributed by atoms with Crippen LogP contribution in [-0.4, -0.2) is 26.3 Å². The summed E-state index contributed by atoms with van der Waals surface area (Å²) in [5.41, 5.74) is 1.99. The van der Waals surface area contributed by atoms with E-state index < -0.39 is 0 Å². The molecule has 2 aromatic rings. The largest absolute Gasteiger partial charge is 0.493 e. The molecular formula is C15H18ClNO3. The highest BCUT2D eigenvalue weighted by molar-refractivity contribution is 5.85. The van der Waals surface area contributed by atoms with Crippen molar-refractivity contribution in [3.05, 3.63) is 47.8 Å². The molecule has 1 aromatic carbocycles. The van der Waals surface area contributed by atoms with Gasteiger partial charge in [0.05, 0.1) is 21.3 Å². The zero-order valence-electron chi connectivity index (χ0n) is 11.8. The normalized spacial score (nSPS) is 9.55. The lowest BCUT2D eigenvalue weighted by molar-refractivity contribution is 0.322. The Kier molecular flexibility index (Phi) is 6.12. The average Bonchev–Trinajstić information content (AvgIpc) is 2.47. The molecule has 1 heterocycles. The average molecular weight is 296 g/mol. The van der Waals surface area contributed by atoms with Crippen LogP contribution in [-0.2, 0) is 6.42 Å². The highest BCUT2D eigenvalue weighted by Gasteiger charge is 2.16. The molecule has 0 N–H and O–H groups in total. The molecule has 0 saturated carbocycles. The maximum absolute atomic E-state index is 5.45. The van der Waals surface area contributed by atoms with Gasteiger partial charge in [0.1, 0.15) is 0 Å². The Labute approximate surface area is 125 Å². The summed E-state index contributed by atoms with van der Waals surface area (Å²) in [4.78, 5) is 4.32. The summed E-state index contributed by atoms with van der Waals surface area (Å²) in [6.45, 7) is 0. The van der Waals surface area contributed by atoms with Gasteiger partial charge in [0, 0.05) is 23.9 Å². The topological polar surface area (TPSA) is 40.6 Å². The van der Waals surface area contributed by atoms with Gasteiger partial charge in [-0.1, -0.05) is 12.1 Å². The lowest BCUT2D eigenvalue weighted by Gasteiger charge is -2.15. The highest BCUT2D eigenvalue weighted by atomic mass is 35.5. The molecule has 20 heavy (non-hydrogen) atoms. The zero-order valence-corrected chi connectivity index (χ0v) is 12.6. The third-order valence-corrected chi connectivity index (χ3v) is 2.88. The molecule has 1 aromatic heterocycles. The SMILES string of the molecule is COc1ccc(Cc2ccccn2)c(OC)c1OC.Cl. The van der Waals surface area contributed by atoms with Gasteiger partial charge in [0.2, 0.25) is 5.75 Å². The van der Waals surface area contributed by atoms with E-state index in [9.17, 15) is 0 Å². The monoisotopic (exact) mass is 295 g/mol. The molecule has 4 nitrogen and oxygen atoms in total. The lowest BCUT2D eigenvalue weighted by Crippen LogP contribution is -2.00. The van der Waals surface area contributed by atoms with Crippen LogP contribution >= 0.6 is 12.4 Å². The van der Waals surface area contributed by atoms with Gasteiger partial charge in [-0.2, -0.15) is 0 Å². The maximum Gasteiger partial charge on any atom is 0.203 e. The molecule has 2 rings (SSSR count). The van der Waals surface area contributed by atoms with Crippen LogP contribution in [0.3, 0.4) is 0 Å². The van der Waals surface area contributed by atoms with E-state index in [1.54, 1.807) is 27.5 Å². The van der Waals surface area contributed by atoms with Crippen molar-refractivity contribution in [1.82, 2.24) is 4.98 Å². The Bertz CT molecular complexity index is 546. The number of hydrogen-bond acceptors (Lipinski definition) is 4. The molecule has 0 radical (unpaired) electrons. The lowest BCUT2D eigenvalue weighted by atomic mass is 10.1. The number of hydrogen-bond donors (Lipinski definition) is 0. The van der Waals surface area contributed by atoms with Gasteiger partial charge in [0.25, 0.3) is 0 Å². The minimum atomic E-state index is 0. The molecule has 0 spiro atoms. The maximum atomic E-state index is 5.45. The number of nitrogens with zero attached hydrogens (tertiary/aromatic N) is 1. The quantitative estimate of drug-likeness (QED) is 0.850. The molecule has 0 aliphatic rings. The summed E-state index contributed by atoms with van der Waals surface area (Å²) >= 11 is 0. The first-order valence-electron chi connectivity index (χ1n) is 5.98. The number of ether oxygens (including phenoxy) is 3. The second kappa shape index (κ2) is 7.60. The van der Waals surface area contributed by atoms with E-state index in [0.717, 1.165) is 11.3 Å². The van der Waals surface area contributed by atoms with E-state index in [4.69, 9.17) is 14.2 Å². The van der Waals surface area contributed by atoms with Gasteiger partial charge in [-0.15, -0.1) is 12.4 Å². The van der Waals surface area contributed by atoms with Crippen molar-refractivity contribution in [1.29, 1.82) is 0 Å². The van der Waals surface area contributed by atoms with Crippen molar-refractivity contribution in [2.75, 3.05) is 21.3 Å². The first-order chi connectivity index (χ1) is 9.30. The summed E-state index contributed by atoms with van der Waals surface area (Å²) in [7, 11) is 4.83. The van der Waals surface area contributed by atoms with E-state index >= 15 is 0 Å². The smallest absolute Gasteiger partial charge is 0.203 e. The van der Waals surface area contributed by atoms with Crippen LogP contribution in [0.1, 0.15) is 11.3 Å². The molecule has 108 valence electrons. The van der Waals surface area contributed by atoms with E-state index in [1.807, 2.05) is 30.3 Å². The highest BCUT2D eigenvalue weighted by Crippen LogP contribution is 2.40. The van der Waals surface area contributed by atoms with Gasteiger partial charge in [-0.3, -0.25) is 4.98 Å². The molecule has 0 atom stereocenters. The fourth-order valence-corrected chi connectivity index (χ4v) is 2.00. The van der Waals surface area contributed by atoms with Crippen molar-refractivity contribution in [3.8, 4) is 17.2 Å². The number of pyridine rings is 1. The Morgan fingerprint density at radius 1 is 0.900 bits per heavy atom. The predicted octanol–water partition coefficient (Wildman–Crippen LogP) is 3.12. The summed E-state index contributed by atoms with van der Waals surface area (Å²) in [6.07, 6.45) is 2.47. The molecule has 0 aliphatic carbocycles. The first-order valence-corrected chi connectivity index (χ1v) is 5.98. The summed E-state index contributed by atoms with van der Waals surface area (Å²) in [6, 6.07) is 9.69. The van der Waals surface area contributed by atoms with Crippen LogP contribution in [0.25, 0.3) is 0 Å². The number of aromatic nitrogens is 1. The standard InChI is InChI=1S/C15H17NO3.ClH/c1-17-13-8-7-11(14(18-2)15(13)19-3)10-12-6-4-5-9-16-12;/h4-9H,10H2,1-3H3;1H. The molecular weight excluding hydrogens is 278 g/mol. The van der Waals surface area contributed by atoms with Crippen LogP contribution in [0, 0.1) is 0 Å². The zero-order chi connectivity index (χ0) is 13.7. The molecule has 0 aliphatic heterocycles. The van der Waals surface area contributed by atoms with E-state index in [0.29, 0.717) is 23.7 Å². The van der Waals surface area contributed by atoms with E-state index in [1.165, 1.54) is 0 Å². The number of halogens is 1. The Morgan fingerprint density at radius 2 is 1.65 bits per heavy atom. The first kappa shape index (κ1) is 16.1. The predicted molar refractivity (Wildman–Crippen MR) is 80.4 cm³/mol. The Morgan fingerprint density at radius 3 is 2.20 bits per heavy atom. The summed E-state index contributed by atoms with van der Waals surface area (Å²) in [5.74, 6) is 1.95. The minimum Gasteiger partial charge on any atom is -0.493 e. The fraction of sp³-hybridized carbons (Fsp3) is 0.267. The van der Waals surface area contributed by atoms with Crippen LogP contribution in [0.5, 0.6) is 17.2 Å². The fourth-order valence-electron chi connectivity index (χ4n) is 2.00. The van der Waals surface area contributed by atoms with Crippen molar-refractivity contribution in [2.45, 2.75) is 6.42 Å². The third kappa shape index (κ3) is 3.33. The number of methoxy groups -OCH3 is 3. The van der Waals surface area contributed by atoms with E-state index in [2.05, 4.69) is 4.98 Å². The van der Waals surface area contributed by atoms with Gasteiger partial charge >= 0.3 is 0 Å². The summed E-state index contributed by atoms with van der Waals surface area (Å²) in [5, 5.41) is 0. The number of benzene rings is 1. The minimum absolute atomic E-state index is 0. The van der Waals surface area contributed by atoms with Crippen LogP contribution in [0.15, 0.2) is 36.5 Å². The molecule has 5 heteroatoms. The molecule has 0 unspecified atom stereocenters. The summed E-state index contributed by atoms with van der Waals surface area (Å²) < 4.78 is 16.1. The molecule has 0 fully saturated rings. The molecule has 0 amide bonds.